The van der Waals surface area contributed by atoms with Crippen LogP contribution in [0.4, 0.5) is 0 Å². The molecule has 0 aliphatic heterocycles. The van der Waals surface area contributed by atoms with Crippen LogP contribution in [0.1, 0.15) is 50.5 Å². The van der Waals surface area contributed by atoms with Crippen LogP contribution in [0.15, 0.2) is 95.8 Å². The van der Waals surface area contributed by atoms with E-state index in [1.807, 2.05) is 31.2 Å². The number of nitrogens with zero attached hydrogens (tertiary/aromatic N) is 2. The molecule has 6 rings (SSSR count). The van der Waals surface area contributed by atoms with Crippen LogP contribution >= 0.6 is 11.5 Å². The fourth-order valence-electron chi connectivity index (χ4n) is 4.76. The number of aromatic carboxylic acids is 1. The molecule has 0 aliphatic rings. The molecular weight excluding hydrogens is 510 g/mol. The number of carboxylic acid groups (broad SMARTS) is 1. The topological polar surface area (TPSA) is 105 Å². The number of rotatable bonds is 7. The molecule has 0 bridgehead atoms. The lowest BCUT2D eigenvalue weighted by Gasteiger charge is -2.16. The van der Waals surface area contributed by atoms with Crippen LogP contribution < -0.4 is 5.32 Å². The zero-order chi connectivity index (χ0) is 26.9. The molecule has 39 heavy (non-hydrogen) atoms. The summed E-state index contributed by atoms with van der Waals surface area (Å²) in [6.45, 7) is 1.87. The predicted octanol–water partition coefficient (Wildman–Crippen LogP) is 6.88. The van der Waals surface area contributed by atoms with Gasteiger partial charge in [0.2, 0.25) is 0 Å². The minimum absolute atomic E-state index is 0.197. The highest BCUT2D eigenvalue weighted by molar-refractivity contribution is 7.13. The number of hydrogen-bond donors (Lipinski definition) is 2. The van der Waals surface area contributed by atoms with E-state index in [0.29, 0.717) is 12.0 Å². The first-order valence-corrected chi connectivity index (χ1v) is 13.2. The number of hydrogen-bond acceptors (Lipinski definition) is 6. The Morgan fingerprint density at radius 2 is 1.77 bits per heavy atom. The smallest absolute Gasteiger partial charge is 0.335 e. The molecule has 0 fully saturated rings. The van der Waals surface area contributed by atoms with Crippen molar-refractivity contribution >= 4 is 44.3 Å². The Morgan fingerprint density at radius 1 is 0.974 bits per heavy atom. The van der Waals surface area contributed by atoms with Gasteiger partial charge in [0, 0.05) is 17.4 Å². The van der Waals surface area contributed by atoms with Gasteiger partial charge in [-0.05, 0) is 70.2 Å². The second kappa shape index (κ2) is 10.2. The Balaban J connectivity index is 1.38. The number of nitrogens with one attached hydrogen (secondary N) is 1. The standard InChI is InChI=1S/C31H23N3O4S/c1-18(20-8-10-22(11-9-20)31(36)37)33-30(35)26-14-24(25-16-32-38-17-25)15-28-29(26)27(34-39-28)13-19-6-7-21-4-2-3-5-23(21)12-19/h2-12,14-18H,13H2,1H3,(H,33,35)(H,36,37)/t18-/m0/s1. The number of fused-ring (bicyclic) bond motifs is 2. The van der Waals surface area contributed by atoms with Gasteiger partial charge in [0.1, 0.15) is 6.26 Å². The molecule has 6 aromatic rings. The van der Waals surface area contributed by atoms with Crippen molar-refractivity contribution in [3.63, 3.8) is 0 Å². The third-order valence-corrected chi connectivity index (χ3v) is 7.68. The molecule has 0 saturated carbocycles. The van der Waals surface area contributed by atoms with Crippen molar-refractivity contribution in [2.75, 3.05) is 0 Å². The molecule has 0 radical (unpaired) electrons. The maximum Gasteiger partial charge on any atom is 0.335 e. The largest absolute Gasteiger partial charge is 0.478 e. The minimum Gasteiger partial charge on any atom is -0.478 e. The molecule has 0 unspecified atom stereocenters. The summed E-state index contributed by atoms with van der Waals surface area (Å²) in [7, 11) is 0. The van der Waals surface area contributed by atoms with Crippen LogP contribution in [0, 0.1) is 0 Å². The van der Waals surface area contributed by atoms with E-state index < -0.39 is 5.97 Å². The number of aromatic nitrogens is 2. The van der Waals surface area contributed by atoms with Crippen molar-refractivity contribution in [2.45, 2.75) is 19.4 Å². The number of carbonyl (C=O) groups excluding carboxylic acids is 1. The fraction of sp³-hybridized carbons (Fsp3) is 0.0968. The van der Waals surface area contributed by atoms with Crippen molar-refractivity contribution < 1.29 is 19.2 Å². The van der Waals surface area contributed by atoms with Gasteiger partial charge >= 0.3 is 5.97 Å². The maximum atomic E-state index is 13.7. The van der Waals surface area contributed by atoms with Gasteiger partial charge in [-0.15, -0.1) is 0 Å². The van der Waals surface area contributed by atoms with Gasteiger partial charge in [-0.3, -0.25) is 4.79 Å². The van der Waals surface area contributed by atoms with E-state index in [0.717, 1.165) is 43.4 Å². The lowest BCUT2D eigenvalue weighted by atomic mass is 9.97. The highest BCUT2D eigenvalue weighted by Gasteiger charge is 2.21. The third kappa shape index (κ3) is 4.89. The molecule has 8 heteroatoms. The molecule has 1 amide bonds. The van der Waals surface area contributed by atoms with Gasteiger partial charge < -0.3 is 14.9 Å². The van der Waals surface area contributed by atoms with Crippen LogP contribution in [0.5, 0.6) is 0 Å². The second-order valence-corrected chi connectivity index (χ2v) is 10.2. The summed E-state index contributed by atoms with van der Waals surface area (Å²) < 4.78 is 10.7. The van der Waals surface area contributed by atoms with Crippen molar-refractivity contribution in [1.82, 2.24) is 14.8 Å². The fourth-order valence-corrected chi connectivity index (χ4v) is 5.63. The van der Waals surface area contributed by atoms with Crippen LogP contribution in [0.25, 0.3) is 32.0 Å². The quantitative estimate of drug-likeness (QED) is 0.232. The van der Waals surface area contributed by atoms with Crippen molar-refractivity contribution in [2.24, 2.45) is 0 Å². The van der Waals surface area contributed by atoms with Gasteiger partial charge in [0.05, 0.1) is 33.8 Å². The van der Waals surface area contributed by atoms with E-state index in [1.165, 1.54) is 29.1 Å². The van der Waals surface area contributed by atoms with E-state index >= 15 is 0 Å². The summed E-state index contributed by atoms with van der Waals surface area (Å²) in [5.41, 5.74) is 5.05. The van der Waals surface area contributed by atoms with Gasteiger partial charge in [-0.25, -0.2) is 4.79 Å². The first kappa shape index (κ1) is 24.5. The molecule has 4 aromatic carbocycles. The normalized spacial score (nSPS) is 12.0. The Bertz CT molecular complexity index is 1820. The van der Waals surface area contributed by atoms with Crippen LogP contribution in [0.2, 0.25) is 0 Å². The van der Waals surface area contributed by atoms with Crippen molar-refractivity contribution in [3.8, 4) is 11.1 Å². The summed E-state index contributed by atoms with van der Waals surface area (Å²) in [4.78, 5) is 25.0. The Hall–Kier alpha value is -4.82. The monoisotopic (exact) mass is 533 g/mol. The lowest BCUT2D eigenvalue weighted by Crippen LogP contribution is -2.27. The van der Waals surface area contributed by atoms with Gasteiger partial charge in [-0.2, -0.15) is 4.37 Å². The highest BCUT2D eigenvalue weighted by Crippen LogP contribution is 2.34. The molecule has 0 spiro atoms. The number of carbonyl (C=O) groups is 2. The Labute approximate surface area is 227 Å². The van der Waals surface area contributed by atoms with E-state index in [2.05, 4.69) is 40.8 Å². The Morgan fingerprint density at radius 3 is 2.51 bits per heavy atom. The maximum absolute atomic E-state index is 13.7. The molecule has 1 atom stereocenters. The van der Waals surface area contributed by atoms with Crippen LogP contribution in [0.3, 0.4) is 0 Å². The number of benzene rings is 4. The third-order valence-electron chi connectivity index (χ3n) is 6.85. The van der Waals surface area contributed by atoms with Crippen LogP contribution in [-0.4, -0.2) is 26.5 Å². The summed E-state index contributed by atoms with van der Waals surface area (Å²) in [6, 6.07) is 24.6. The average molecular weight is 534 g/mol. The number of carboxylic acids is 1. The molecule has 0 aliphatic carbocycles. The average Bonchev–Trinajstić information content (AvgIpc) is 3.63. The van der Waals surface area contributed by atoms with E-state index in [-0.39, 0.29) is 17.5 Å². The predicted molar refractivity (Wildman–Crippen MR) is 151 cm³/mol. The number of amides is 1. The van der Waals surface area contributed by atoms with Gasteiger partial charge in [-0.1, -0.05) is 59.8 Å². The van der Waals surface area contributed by atoms with Crippen molar-refractivity contribution in [1.29, 1.82) is 0 Å². The summed E-state index contributed by atoms with van der Waals surface area (Å²) in [6.07, 6.45) is 3.75. The van der Waals surface area contributed by atoms with E-state index in [9.17, 15) is 14.7 Å². The van der Waals surface area contributed by atoms with Crippen molar-refractivity contribution in [3.05, 3.63) is 119 Å². The lowest BCUT2D eigenvalue weighted by molar-refractivity contribution is 0.0696. The molecule has 0 saturated heterocycles. The van der Waals surface area contributed by atoms with Gasteiger partial charge in [0.15, 0.2) is 0 Å². The summed E-state index contributed by atoms with van der Waals surface area (Å²) in [5.74, 6) is -1.23. The van der Waals surface area contributed by atoms with E-state index in [4.69, 9.17) is 8.90 Å². The SMILES string of the molecule is C[C@H](NC(=O)c1cc(-c2cnoc2)cc2snc(Cc3ccc4ccccc4c3)c12)c1ccc(C(=O)O)cc1. The Kier molecular flexibility index (Phi) is 6.38. The molecule has 2 N–H and O–H groups in total. The first-order chi connectivity index (χ1) is 19.0. The molecule has 2 heterocycles. The molecule has 192 valence electrons. The first-order valence-electron chi connectivity index (χ1n) is 12.4. The van der Waals surface area contributed by atoms with Crippen LogP contribution in [-0.2, 0) is 6.42 Å². The molecular formula is C31H23N3O4S. The molecule has 7 nitrogen and oxygen atoms in total. The summed E-state index contributed by atoms with van der Waals surface area (Å²) >= 11 is 1.36. The minimum atomic E-state index is -0.991. The second-order valence-electron chi connectivity index (χ2n) is 9.42. The summed E-state index contributed by atoms with van der Waals surface area (Å²) in [5, 5.41) is 19.2. The van der Waals surface area contributed by atoms with Gasteiger partial charge in [0.25, 0.3) is 5.91 Å². The highest BCUT2D eigenvalue weighted by atomic mass is 32.1. The van der Waals surface area contributed by atoms with E-state index in [1.54, 1.807) is 24.6 Å². The zero-order valence-electron chi connectivity index (χ0n) is 20.9. The zero-order valence-corrected chi connectivity index (χ0v) is 21.7. The molecule has 2 aromatic heterocycles.